The lowest BCUT2D eigenvalue weighted by Crippen LogP contribution is -2.35. The van der Waals surface area contributed by atoms with Gasteiger partial charge in [0.05, 0.1) is 6.10 Å². The quantitative estimate of drug-likeness (QED) is 0.510. The molecular formula is C9H16O. The summed E-state index contributed by atoms with van der Waals surface area (Å²) in [5, 5.41) is 9.65. The lowest BCUT2D eigenvalue weighted by atomic mass is 9.74. The smallest absolute Gasteiger partial charge is 0.0653 e. The molecule has 1 aliphatic carbocycles. The van der Waals surface area contributed by atoms with Crippen LogP contribution in [0.25, 0.3) is 0 Å². The van der Waals surface area contributed by atoms with Gasteiger partial charge in [0.25, 0.3) is 0 Å². The highest BCUT2D eigenvalue weighted by molar-refractivity contribution is 5.02. The highest BCUT2D eigenvalue weighted by Crippen LogP contribution is 2.34. The van der Waals surface area contributed by atoms with Crippen molar-refractivity contribution in [3.05, 3.63) is 12.2 Å². The number of allylic oxidation sites excluding steroid dienone is 1. The second kappa shape index (κ2) is 2.39. The molecule has 0 aromatic carbocycles. The van der Waals surface area contributed by atoms with Gasteiger partial charge in [-0.05, 0) is 11.8 Å². The molecule has 0 aromatic heterocycles. The molecule has 0 heterocycles. The molecule has 1 aliphatic rings. The molecule has 0 spiro atoms. The van der Waals surface area contributed by atoms with Crippen LogP contribution in [0.1, 0.15) is 27.2 Å². The number of rotatable bonds is 0. The first-order chi connectivity index (χ1) is 4.54. The Morgan fingerprint density at radius 2 is 2.10 bits per heavy atom. The van der Waals surface area contributed by atoms with Crippen LogP contribution in [0.5, 0.6) is 0 Å². The summed E-state index contributed by atoms with van der Waals surface area (Å²) in [7, 11) is 0. The number of aliphatic hydroxyl groups excluding tert-OH is 1. The Balaban J connectivity index is 2.75. The summed E-state index contributed by atoms with van der Waals surface area (Å²) < 4.78 is 0. The number of hydrogen-bond acceptors (Lipinski definition) is 1. The summed E-state index contributed by atoms with van der Waals surface area (Å²) in [5.74, 6) is 0.323. The first-order valence-electron chi connectivity index (χ1n) is 3.89. The molecule has 0 saturated heterocycles. The van der Waals surface area contributed by atoms with Gasteiger partial charge in [0.2, 0.25) is 0 Å². The van der Waals surface area contributed by atoms with Crippen LogP contribution >= 0.6 is 0 Å². The average Bonchev–Trinajstić information content (AvgIpc) is 1.83. The molecular weight excluding hydrogens is 124 g/mol. The van der Waals surface area contributed by atoms with E-state index in [2.05, 4.69) is 32.9 Å². The number of aliphatic hydroxyl groups is 1. The van der Waals surface area contributed by atoms with Gasteiger partial charge in [0, 0.05) is 5.92 Å². The minimum atomic E-state index is -0.169. The van der Waals surface area contributed by atoms with E-state index in [1.807, 2.05) is 0 Å². The Kier molecular flexibility index (Phi) is 1.86. The van der Waals surface area contributed by atoms with E-state index < -0.39 is 0 Å². The van der Waals surface area contributed by atoms with E-state index in [9.17, 15) is 5.11 Å². The van der Waals surface area contributed by atoms with E-state index in [4.69, 9.17) is 0 Å². The minimum Gasteiger partial charge on any atom is -0.392 e. The van der Waals surface area contributed by atoms with Crippen molar-refractivity contribution < 1.29 is 5.11 Å². The zero-order valence-electron chi connectivity index (χ0n) is 6.96. The van der Waals surface area contributed by atoms with Crippen molar-refractivity contribution in [1.29, 1.82) is 0 Å². The van der Waals surface area contributed by atoms with E-state index in [1.165, 1.54) is 0 Å². The molecule has 0 saturated carbocycles. The van der Waals surface area contributed by atoms with Gasteiger partial charge < -0.3 is 5.11 Å². The minimum absolute atomic E-state index is 0.0775. The second-order valence-electron chi connectivity index (χ2n) is 3.92. The monoisotopic (exact) mass is 140 g/mol. The average molecular weight is 140 g/mol. The molecule has 1 heteroatoms. The van der Waals surface area contributed by atoms with Crippen molar-refractivity contribution >= 4 is 0 Å². The van der Waals surface area contributed by atoms with Crippen molar-refractivity contribution in [2.24, 2.45) is 11.3 Å². The summed E-state index contributed by atoms with van der Waals surface area (Å²) in [6, 6.07) is 0. The second-order valence-corrected chi connectivity index (χ2v) is 3.92. The van der Waals surface area contributed by atoms with Crippen molar-refractivity contribution in [3.8, 4) is 0 Å². The van der Waals surface area contributed by atoms with Gasteiger partial charge in [-0.1, -0.05) is 32.9 Å². The molecule has 0 bridgehead atoms. The van der Waals surface area contributed by atoms with Gasteiger partial charge in [-0.2, -0.15) is 0 Å². The van der Waals surface area contributed by atoms with E-state index in [0.717, 1.165) is 6.42 Å². The van der Waals surface area contributed by atoms with E-state index >= 15 is 0 Å². The SMILES string of the molecule is CC1C=CCC(C)(C)C1O. The third-order valence-electron chi connectivity index (χ3n) is 2.38. The first-order valence-corrected chi connectivity index (χ1v) is 3.89. The lowest BCUT2D eigenvalue weighted by molar-refractivity contribution is 0.0171. The molecule has 1 N–H and O–H groups in total. The molecule has 1 nitrogen and oxygen atoms in total. The van der Waals surface area contributed by atoms with Gasteiger partial charge in [0.15, 0.2) is 0 Å². The summed E-state index contributed by atoms with van der Waals surface area (Å²) in [5.41, 5.74) is 0.0775. The Morgan fingerprint density at radius 1 is 1.50 bits per heavy atom. The summed E-state index contributed by atoms with van der Waals surface area (Å²) in [6.45, 7) is 6.28. The maximum Gasteiger partial charge on any atom is 0.0653 e. The summed E-state index contributed by atoms with van der Waals surface area (Å²) >= 11 is 0. The lowest BCUT2D eigenvalue weighted by Gasteiger charge is -2.35. The normalized spacial score (nSPS) is 38.0. The Bertz CT molecular complexity index is 147. The fraction of sp³-hybridized carbons (Fsp3) is 0.778. The molecule has 0 fully saturated rings. The Labute approximate surface area is 62.8 Å². The summed E-state index contributed by atoms with van der Waals surface area (Å²) in [6.07, 6.45) is 5.09. The third kappa shape index (κ3) is 1.24. The van der Waals surface area contributed by atoms with Crippen molar-refractivity contribution in [1.82, 2.24) is 0 Å². The van der Waals surface area contributed by atoms with Gasteiger partial charge in [-0.15, -0.1) is 0 Å². The third-order valence-corrected chi connectivity index (χ3v) is 2.38. The fourth-order valence-electron chi connectivity index (χ4n) is 1.52. The molecule has 0 aliphatic heterocycles. The predicted molar refractivity (Wildman–Crippen MR) is 42.7 cm³/mol. The van der Waals surface area contributed by atoms with Crippen molar-refractivity contribution in [2.45, 2.75) is 33.3 Å². The molecule has 0 amide bonds. The van der Waals surface area contributed by atoms with Crippen LogP contribution < -0.4 is 0 Å². The van der Waals surface area contributed by atoms with Crippen LogP contribution in [0.15, 0.2) is 12.2 Å². The van der Waals surface area contributed by atoms with Crippen molar-refractivity contribution in [3.63, 3.8) is 0 Å². The highest BCUT2D eigenvalue weighted by atomic mass is 16.3. The molecule has 1 rings (SSSR count). The van der Waals surface area contributed by atoms with E-state index in [0.29, 0.717) is 5.92 Å². The molecule has 2 unspecified atom stereocenters. The predicted octanol–water partition coefficient (Wildman–Crippen LogP) is 1.97. The maximum absolute atomic E-state index is 9.65. The van der Waals surface area contributed by atoms with Crippen LogP contribution in [0.2, 0.25) is 0 Å². The topological polar surface area (TPSA) is 20.2 Å². The summed E-state index contributed by atoms with van der Waals surface area (Å²) in [4.78, 5) is 0. The number of hydrogen-bond donors (Lipinski definition) is 1. The van der Waals surface area contributed by atoms with Crippen LogP contribution in [-0.2, 0) is 0 Å². The van der Waals surface area contributed by atoms with Crippen LogP contribution in [0.4, 0.5) is 0 Å². The van der Waals surface area contributed by atoms with Gasteiger partial charge >= 0.3 is 0 Å². The highest BCUT2D eigenvalue weighted by Gasteiger charge is 2.32. The van der Waals surface area contributed by atoms with Crippen molar-refractivity contribution in [2.75, 3.05) is 0 Å². The van der Waals surface area contributed by atoms with Crippen LogP contribution in [0, 0.1) is 11.3 Å². The first kappa shape index (κ1) is 7.80. The van der Waals surface area contributed by atoms with Crippen LogP contribution in [0.3, 0.4) is 0 Å². The van der Waals surface area contributed by atoms with Gasteiger partial charge in [-0.25, -0.2) is 0 Å². The Morgan fingerprint density at radius 3 is 2.50 bits per heavy atom. The van der Waals surface area contributed by atoms with Crippen LogP contribution in [-0.4, -0.2) is 11.2 Å². The molecule has 0 radical (unpaired) electrons. The molecule has 10 heavy (non-hydrogen) atoms. The molecule has 0 aromatic rings. The van der Waals surface area contributed by atoms with Gasteiger partial charge in [0.1, 0.15) is 0 Å². The van der Waals surface area contributed by atoms with Gasteiger partial charge in [-0.3, -0.25) is 0 Å². The fourth-order valence-corrected chi connectivity index (χ4v) is 1.52. The van der Waals surface area contributed by atoms with E-state index in [1.54, 1.807) is 0 Å². The Hall–Kier alpha value is -0.300. The largest absolute Gasteiger partial charge is 0.392 e. The molecule has 2 atom stereocenters. The molecule has 58 valence electrons. The zero-order chi connectivity index (χ0) is 7.78. The standard InChI is InChI=1S/C9H16O/c1-7-5-4-6-9(2,3)8(7)10/h4-5,7-8,10H,6H2,1-3H3. The zero-order valence-corrected chi connectivity index (χ0v) is 6.96. The maximum atomic E-state index is 9.65. The van der Waals surface area contributed by atoms with E-state index in [-0.39, 0.29) is 11.5 Å².